The normalized spacial score (nSPS) is 16.7. The molecule has 4 rings (SSSR count). The first-order valence-electron chi connectivity index (χ1n) is 8.99. The Morgan fingerprint density at radius 3 is 2.41 bits per heavy atom. The van der Waals surface area contributed by atoms with Gasteiger partial charge in [-0.2, -0.15) is 13.2 Å². The summed E-state index contributed by atoms with van der Waals surface area (Å²) in [6.07, 6.45) is -2.39. The van der Waals surface area contributed by atoms with Crippen molar-refractivity contribution in [3.05, 3.63) is 76.0 Å². The summed E-state index contributed by atoms with van der Waals surface area (Å²) in [7, 11) is 4.57. The fraction of sp³-hybridized carbons (Fsp3) is 0.273. The largest absolute Gasteiger partial charge is 0.417 e. The van der Waals surface area contributed by atoms with Gasteiger partial charge in [-0.15, -0.1) is 9.24 Å². The number of nitrogens with zero attached hydrogens (tertiary/aromatic N) is 1. The zero-order valence-electron chi connectivity index (χ0n) is 15.3. The topological polar surface area (TPSA) is 3.24 Å². The van der Waals surface area contributed by atoms with Crippen molar-refractivity contribution in [1.82, 2.24) is 0 Å². The summed E-state index contributed by atoms with van der Waals surface area (Å²) in [6, 6.07) is 12.6. The molecule has 0 aromatic heterocycles. The molecule has 1 fully saturated rings. The van der Waals surface area contributed by atoms with Crippen LogP contribution >= 0.6 is 9.24 Å². The van der Waals surface area contributed by atoms with E-state index in [1.54, 1.807) is 24.3 Å². The standard InChI is InChI=1S/C22H21F3NP/c1-13-6-5-7-15(21(13)27)12-17-19(22(23,24)25)16-8-3-4-9-18(16)26(2)20(17)14-10-11-14/h3-9H,10-12,27H2,1-2H3. The van der Waals surface area contributed by atoms with Crippen LogP contribution in [0.3, 0.4) is 0 Å². The van der Waals surface area contributed by atoms with Crippen molar-refractivity contribution in [3.8, 4) is 0 Å². The number of rotatable bonds is 2. The maximum Gasteiger partial charge on any atom is 0.417 e. The highest BCUT2D eigenvalue weighted by atomic mass is 31.0. The van der Waals surface area contributed by atoms with E-state index in [1.807, 2.05) is 37.1 Å². The third-order valence-electron chi connectivity index (χ3n) is 5.36. The Morgan fingerprint density at radius 1 is 1.04 bits per heavy atom. The van der Waals surface area contributed by atoms with Crippen molar-refractivity contribution < 1.29 is 13.2 Å². The Kier molecular flexibility index (Phi) is 4.43. The van der Waals surface area contributed by atoms with Gasteiger partial charge in [-0.05, 0) is 53.4 Å². The van der Waals surface area contributed by atoms with Crippen LogP contribution in [-0.4, -0.2) is 13.2 Å². The highest BCUT2D eigenvalue weighted by Gasteiger charge is 2.43. The summed E-state index contributed by atoms with van der Waals surface area (Å²) in [4.78, 5) is 1.94. The average molecular weight is 387 g/mol. The van der Waals surface area contributed by atoms with Crippen molar-refractivity contribution in [2.75, 3.05) is 11.9 Å². The second-order valence-corrected chi connectivity index (χ2v) is 7.78. The minimum Gasteiger partial charge on any atom is -0.344 e. The van der Waals surface area contributed by atoms with Gasteiger partial charge in [0.2, 0.25) is 0 Å². The van der Waals surface area contributed by atoms with E-state index in [2.05, 4.69) is 9.24 Å². The quantitative estimate of drug-likeness (QED) is 0.611. The number of likely N-dealkylation sites (N-methyl/N-ethyl adjacent to an activating group) is 1. The van der Waals surface area contributed by atoms with Gasteiger partial charge < -0.3 is 4.90 Å². The van der Waals surface area contributed by atoms with Gasteiger partial charge in [-0.1, -0.05) is 36.4 Å². The number of fused-ring (bicyclic) bond motifs is 1. The monoisotopic (exact) mass is 387 g/mol. The lowest BCUT2D eigenvalue weighted by molar-refractivity contribution is -0.0694. The summed E-state index contributed by atoms with van der Waals surface area (Å²) < 4.78 is 42.7. The minimum atomic E-state index is -4.40. The number of hydrogen-bond donors (Lipinski definition) is 0. The third-order valence-corrected chi connectivity index (χ3v) is 6.18. The van der Waals surface area contributed by atoms with Crippen LogP contribution in [0.5, 0.6) is 0 Å². The number of alkyl halides is 3. The fourth-order valence-electron chi connectivity index (χ4n) is 3.91. The van der Waals surface area contributed by atoms with Gasteiger partial charge in [0.1, 0.15) is 0 Å². The van der Waals surface area contributed by atoms with Crippen LogP contribution in [0, 0.1) is 6.92 Å². The van der Waals surface area contributed by atoms with Crippen LogP contribution < -0.4 is 10.2 Å². The van der Waals surface area contributed by atoms with Gasteiger partial charge in [0, 0.05) is 30.4 Å². The van der Waals surface area contributed by atoms with E-state index in [1.165, 1.54) is 0 Å². The molecule has 2 aliphatic rings. The van der Waals surface area contributed by atoms with E-state index in [4.69, 9.17) is 0 Å². The molecule has 1 aliphatic heterocycles. The molecule has 0 bridgehead atoms. The number of benzene rings is 2. The van der Waals surface area contributed by atoms with Crippen LogP contribution in [-0.2, 0) is 6.42 Å². The lowest BCUT2D eigenvalue weighted by Crippen LogP contribution is -2.29. The number of halogens is 3. The average Bonchev–Trinajstić information content (AvgIpc) is 3.43. The predicted octanol–water partition coefficient (Wildman–Crippen LogP) is 5.55. The van der Waals surface area contributed by atoms with Crippen molar-refractivity contribution in [2.45, 2.75) is 32.4 Å². The van der Waals surface area contributed by atoms with E-state index in [-0.39, 0.29) is 12.0 Å². The maximum absolute atomic E-state index is 14.2. The molecule has 0 spiro atoms. The third kappa shape index (κ3) is 3.21. The van der Waals surface area contributed by atoms with Gasteiger partial charge in [0.15, 0.2) is 0 Å². The molecule has 140 valence electrons. The second kappa shape index (κ2) is 6.53. The van der Waals surface area contributed by atoms with Crippen LogP contribution in [0.15, 0.2) is 59.3 Å². The summed E-state index contributed by atoms with van der Waals surface area (Å²) in [5, 5.41) is 0.980. The zero-order chi connectivity index (χ0) is 19.3. The predicted molar refractivity (Wildman–Crippen MR) is 108 cm³/mol. The number of allylic oxidation sites excluding steroid dienone is 3. The minimum absolute atomic E-state index is 0.269. The van der Waals surface area contributed by atoms with Crippen molar-refractivity contribution in [3.63, 3.8) is 0 Å². The molecule has 1 saturated carbocycles. The Morgan fingerprint density at radius 2 is 1.74 bits per heavy atom. The van der Waals surface area contributed by atoms with Crippen LogP contribution in [0.4, 0.5) is 18.9 Å². The van der Waals surface area contributed by atoms with Gasteiger partial charge >= 0.3 is 6.18 Å². The highest BCUT2D eigenvalue weighted by molar-refractivity contribution is 7.27. The number of aryl methyl sites for hydroxylation is 1. The molecule has 0 amide bonds. The summed E-state index contributed by atoms with van der Waals surface area (Å²) in [5.41, 5.74) is 4.65. The molecular formula is C22H21F3NP. The smallest absolute Gasteiger partial charge is 0.344 e. The number of para-hydroxylation sites is 1. The lowest BCUT2D eigenvalue weighted by atomic mass is 9.86. The molecule has 2 aromatic carbocycles. The van der Waals surface area contributed by atoms with Crippen LogP contribution in [0.25, 0.3) is 5.57 Å². The Labute approximate surface area is 159 Å². The summed E-state index contributed by atoms with van der Waals surface area (Å²) in [6.45, 7) is 1.98. The van der Waals surface area contributed by atoms with Gasteiger partial charge in [0.25, 0.3) is 0 Å². The Balaban J connectivity index is 1.99. The van der Waals surface area contributed by atoms with Crippen molar-refractivity contribution in [2.24, 2.45) is 0 Å². The summed E-state index contributed by atoms with van der Waals surface area (Å²) in [5.74, 6) is 0. The van der Waals surface area contributed by atoms with Crippen LogP contribution in [0.1, 0.15) is 29.5 Å². The van der Waals surface area contributed by atoms with E-state index < -0.39 is 11.7 Å². The second-order valence-electron chi connectivity index (χ2n) is 7.20. The SMILES string of the molecule is Cc1cccc(CC2=C(C(F)(F)F)c3ccccc3N(C)C2=C2CC2)c1P. The van der Waals surface area contributed by atoms with E-state index in [9.17, 15) is 13.2 Å². The lowest BCUT2D eigenvalue weighted by Gasteiger charge is -2.35. The van der Waals surface area contributed by atoms with Crippen molar-refractivity contribution in [1.29, 1.82) is 0 Å². The van der Waals surface area contributed by atoms with E-state index in [0.29, 0.717) is 11.3 Å². The molecule has 1 aliphatic carbocycles. The van der Waals surface area contributed by atoms with Crippen molar-refractivity contribution >= 4 is 25.8 Å². The molecular weight excluding hydrogens is 366 g/mol. The van der Waals surface area contributed by atoms with Gasteiger partial charge in [-0.25, -0.2) is 0 Å². The Bertz CT molecular complexity index is 979. The maximum atomic E-state index is 14.2. The van der Waals surface area contributed by atoms with Gasteiger partial charge in [0.05, 0.1) is 5.57 Å². The molecule has 0 radical (unpaired) electrons. The molecule has 1 heterocycles. The molecule has 0 N–H and O–H groups in total. The molecule has 2 aromatic rings. The van der Waals surface area contributed by atoms with E-state index in [0.717, 1.165) is 40.5 Å². The molecule has 1 nitrogen and oxygen atoms in total. The fourth-order valence-corrected chi connectivity index (χ4v) is 4.21. The molecule has 5 heteroatoms. The summed E-state index contributed by atoms with van der Waals surface area (Å²) >= 11 is 0. The van der Waals surface area contributed by atoms with Gasteiger partial charge in [-0.3, -0.25) is 0 Å². The number of hydrogen-bond acceptors (Lipinski definition) is 1. The molecule has 1 atom stereocenters. The first-order valence-corrected chi connectivity index (χ1v) is 9.56. The van der Waals surface area contributed by atoms with Crippen LogP contribution in [0.2, 0.25) is 0 Å². The molecule has 0 saturated heterocycles. The zero-order valence-corrected chi connectivity index (χ0v) is 16.5. The van der Waals surface area contributed by atoms with E-state index >= 15 is 0 Å². The first-order chi connectivity index (χ1) is 12.8. The Hall–Kier alpha value is -2.06. The number of anilines is 1. The first kappa shape index (κ1) is 18.3. The highest BCUT2D eigenvalue weighted by Crippen LogP contribution is 2.50. The molecule has 1 unspecified atom stereocenters. The molecule has 27 heavy (non-hydrogen) atoms.